The highest BCUT2D eigenvalue weighted by Crippen LogP contribution is 2.30. The highest BCUT2D eigenvalue weighted by molar-refractivity contribution is 7.17. The maximum absolute atomic E-state index is 12.2. The van der Waals surface area contributed by atoms with E-state index in [1.54, 1.807) is 18.2 Å². The highest BCUT2D eigenvalue weighted by Gasteiger charge is 2.35. The predicted molar refractivity (Wildman–Crippen MR) is 100 cm³/mol. The number of halogens is 1. The van der Waals surface area contributed by atoms with Gasteiger partial charge in [-0.1, -0.05) is 23.7 Å². The molecule has 0 unspecified atom stereocenters. The maximum atomic E-state index is 12.2. The predicted octanol–water partition coefficient (Wildman–Crippen LogP) is 4.18. The number of ether oxygens (including phenoxy) is 1. The Hall–Kier alpha value is -2.36. The van der Waals surface area contributed by atoms with Crippen molar-refractivity contribution in [3.8, 4) is 16.5 Å². The fourth-order valence-corrected chi connectivity index (χ4v) is 4.00. The molecule has 1 saturated carbocycles. The van der Waals surface area contributed by atoms with Crippen molar-refractivity contribution in [1.82, 2.24) is 5.32 Å². The molecule has 0 bridgehead atoms. The average Bonchev–Trinajstić information content (AvgIpc) is 3.30. The van der Waals surface area contributed by atoms with Crippen LogP contribution in [0.1, 0.15) is 35.4 Å². The minimum absolute atomic E-state index is 0.392. The molecule has 0 saturated heterocycles. The highest BCUT2D eigenvalue weighted by atomic mass is 35.5. The summed E-state index contributed by atoms with van der Waals surface area (Å²) in [5.74, 6) is -1.00. The third kappa shape index (κ3) is 4.24. The van der Waals surface area contributed by atoms with E-state index in [2.05, 4.69) is 11.4 Å². The number of amides is 1. The summed E-state index contributed by atoms with van der Waals surface area (Å²) in [6.07, 6.45) is 3.10. The van der Waals surface area contributed by atoms with Crippen LogP contribution in [-0.2, 0) is 9.53 Å². The molecule has 1 heterocycles. The lowest BCUT2D eigenvalue weighted by molar-refractivity contribution is -0.125. The fraction of sp³-hybridized carbons (Fsp3) is 0.316. The molecular weight excluding hydrogens is 372 g/mol. The third-order valence-corrected chi connectivity index (χ3v) is 5.69. The summed E-state index contributed by atoms with van der Waals surface area (Å²) < 4.78 is 5.09. The minimum Gasteiger partial charge on any atom is -0.451 e. The zero-order valence-electron chi connectivity index (χ0n) is 14.0. The summed E-state index contributed by atoms with van der Waals surface area (Å²) in [5.41, 5.74) is 0.141. The van der Waals surface area contributed by atoms with Crippen LogP contribution in [0.4, 0.5) is 0 Å². The summed E-state index contributed by atoms with van der Waals surface area (Å²) in [6, 6.07) is 13.0. The summed E-state index contributed by atoms with van der Waals surface area (Å²) in [7, 11) is 0. The Morgan fingerprint density at radius 3 is 2.54 bits per heavy atom. The molecule has 7 heteroatoms. The second-order valence-corrected chi connectivity index (χ2v) is 7.72. The number of benzene rings is 1. The number of rotatable bonds is 5. The van der Waals surface area contributed by atoms with Crippen LogP contribution in [-0.4, -0.2) is 24.0 Å². The Bertz CT molecular complexity index is 848. The van der Waals surface area contributed by atoms with Crippen LogP contribution in [0.25, 0.3) is 10.4 Å². The topological polar surface area (TPSA) is 79.2 Å². The summed E-state index contributed by atoms with van der Waals surface area (Å²) in [4.78, 5) is 25.5. The quantitative estimate of drug-likeness (QED) is 0.779. The second-order valence-electron chi connectivity index (χ2n) is 6.20. The molecule has 1 aromatic heterocycles. The van der Waals surface area contributed by atoms with Crippen molar-refractivity contribution >= 4 is 34.8 Å². The van der Waals surface area contributed by atoms with Crippen LogP contribution in [0.5, 0.6) is 0 Å². The molecule has 1 aliphatic rings. The van der Waals surface area contributed by atoms with E-state index < -0.39 is 24.0 Å². The number of hydrogen-bond acceptors (Lipinski definition) is 5. The number of thiophene rings is 1. The second kappa shape index (κ2) is 7.90. The number of nitrogens with one attached hydrogen (secondary N) is 1. The molecule has 1 N–H and O–H groups in total. The lowest BCUT2D eigenvalue weighted by Gasteiger charge is -2.21. The van der Waals surface area contributed by atoms with Crippen LogP contribution in [0, 0.1) is 11.3 Å². The Labute approximate surface area is 160 Å². The van der Waals surface area contributed by atoms with E-state index in [0.717, 1.165) is 23.3 Å². The number of hydrogen-bond donors (Lipinski definition) is 1. The molecule has 1 fully saturated rings. The monoisotopic (exact) mass is 388 g/mol. The van der Waals surface area contributed by atoms with Gasteiger partial charge < -0.3 is 10.1 Å². The zero-order chi connectivity index (χ0) is 18.6. The van der Waals surface area contributed by atoms with E-state index in [1.165, 1.54) is 11.3 Å². The molecule has 0 radical (unpaired) electrons. The van der Waals surface area contributed by atoms with Gasteiger partial charge in [0, 0.05) is 9.90 Å². The molecule has 3 rings (SSSR count). The molecule has 1 aliphatic carbocycles. The first-order valence-electron chi connectivity index (χ1n) is 8.26. The van der Waals surface area contributed by atoms with E-state index in [-0.39, 0.29) is 0 Å². The first kappa shape index (κ1) is 18.4. The molecule has 0 spiro atoms. The Kier molecular flexibility index (Phi) is 5.60. The Balaban J connectivity index is 1.56. The molecule has 1 amide bonds. The van der Waals surface area contributed by atoms with Gasteiger partial charge in [-0.05, 0) is 55.5 Å². The van der Waals surface area contributed by atoms with Gasteiger partial charge >= 0.3 is 5.97 Å². The third-order valence-electron chi connectivity index (χ3n) is 4.32. The Morgan fingerprint density at radius 2 is 1.88 bits per heavy atom. The van der Waals surface area contributed by atoms with Gasteiger partial charge in [-0.2, -0.15) is 5.26 Å². The first-order chi connectivity index (χ1) is 12.5. The number of esters is 1. The Morgan fingerprint density at radius 1 is 1.19 bits per heavy atom. The first-order valence-corrected chi connectivity index (χ1v) is 9.46. The van der Waals surface area contributed by atoms with Gasteiger partial charge in [0.25, 0.3) is 5.91 Å². The van der Waals surface area contributed by atoms with Gasteiger partial charge in [0.15, 0.2) is 6.61 Å². The van der Waals surface area contributed by atoms with Crippen molar-refractivity contribution in [3.05, 3.63) is 46.3 Å². The van der Waals surface area contributed by atoms with Crippen molar-refractivity contribution in [2.75, 3.05) is 6.61 Å². The summed E-state index contributed by atoms with van der Waals surface area (Å²) in [5, 5.41) is 12.6. The SMILES string of the molecule is N#CC1(NC(=O)COC(=O)c2ccc(-c3ccc(Cl)cc3)s2)CCCC1. The number of carbonyl (C=O) groups excluding carboxylic acids is 2. The average molecular weight is 389 g/mol. The van der Waals surface area contributed by atoms with E-state index in [4.69, 9.17) is 16.3 Å². The van der Waals surface area contributed by atoms with Crippen molar-refractivity contribution in [2.45, 2.75) is 31.2 Å². The van der Waals surface area contributed by atoms with Crippen molar-refractivity contribution in [1.29, 1.82) is 5.26 Å². The van der Waals surface area contributed by atoms with Gasteiger partial charge in [0.1, 0.15) is 10.4 Å². The summed E-state index contributed by atoms with van der Waals surface area (Å²) in [6.45, 7) is -0.392. The van der Waals surface area contributed by atoms with Gasteiger partial charge in [-0.25, -0.2) is 4.79 Å². The van der Waals surface area contributed by atoms with E-state index >= 15 is 0 Å². The van der Waals surface area contributed by atoms with Gasteiger partial charge in [-0.3, -0.25) is 4.79 Å². The standard InChI is InChI=1S/C19H17ClN2O3S/c20-14-5-3-13(4-6-14)15-7-8-16(26-15)18(24)25-11-17(23)22-19(12-21)9-1-2-10-19/h3-8H,1-2,9-11H2,(H,22,23). The van der Waals surface area contributed by atoms with Crippen LogP contribution in [0.2, 0.25) is 5.02 Å². The number of nitrogens with zero attached hydrogens (tertiary/aromatic N) is 1. The molecule has 2 aromatic rings. The van der Waals surface area contributed by atoms with Gasteiger partial charge in [0.2, 0.25) is 0 Å². The van der Waals surface area contributed by atoms with Crippen molar-refractivity contribution in [3.63, 3.8) is 0 Å². The largest absolute Gasteiger partial charge is 0.451 e. The molecule has 0 atom stereocenters. The maximum Gasteiger partial charge on any atom is 0.348 e. The van der Waals surface area contributed by atoms with E-state index in [9.17, 15) is 14.9 Å². The van der Waals surface area contributed by atoms with Crippen LogP contribution in [0.15, 0.2) is 36.4 Å². The molecular formula is C19H17ClN2O3S. The lowest BCUT2D eigenvalue weighted by atomic mass is 10.00. The van der Waals surface area contributed by atoms with Crippen LogP contribution < -0.4 is 5.32 Å². The molecule has 5 nitrogen and oxygen atoms in total. The van der Waals surface area contributed by atoms with Crippen molar-refractivity contribution < 1.29 is 14.3 Å². The van der Waals surface area contributed by atoms with Crippen LogP contribution in [0.3, 0.4) is 0 Å². The number of carbonyl (C=O) groups is 2. The van der Waals surface area contributed by atoms with Crippen molar-refractivity contribution in [2.24, 2.45) is 0 Å². The van der Waals surface area contributed by atoms with Gasteiger partial charge in [-0.15, -0.1) is 11.3 Å². The summed E-state index contributed by atoms with van der Waals surface area (Å²) >= 11 is 7.16. The molecule has 1 aromatic carbocycles. The lowest BCUT2D eigenvalue weighted by Crippen LogP contribution is -2.46. The number of nitriles is 1. The zero-order valence-corrected chi connectivity index (χ0v) is 15.5. The van der Waals surface area contributed by atoms with E-state index in [1.807, 2.05) is 18.2 Å². The molecule has 0 aliphatic heterocycles. The van der Waals surface area contributed by atoms with Gasteiger partial charge in [0.05, 0.1) is 6.07 Å². The smallest absolute Gasteiger partial charge is 0.348 e. The minimum atomic E-state index is -0.811. The fourth-order valence-electron chi connectivity index (χ4n) is 2.97. The molecule has 26 heavy (non-hydrogen) atoms. The van der Waals surface area contributed by atoms with E-state index in [0.29, 0.717) is 22.7 Å². The molecule has 134 valence electrons. The normalized spacial score (nSPS) is 15.2. The van der Waals surface area contributed by atoms with Crippen LogP contribution >= 0.6 is 22.9 Å².